The third-order valence-corrected chi connectivity index (χ3v) is 9.60. The van der Waals surface area contributed by atoms with E-state index in [0.29, 0.717) is 23.9 Å². The molecule has 0 bridgehead atoms. The van der Waals surface area contributed by atoms with Crippen molar-refractivity contribution in [2.75, 3.05) is 32.4 Å². The number of nitrogens with zero attached hydrogens (tertiary/aromatic N) is 4. The van der Waals surface area contributed by atoms with Crippen LogP contribution in [0.5, 0.6) is 0 Å². The molecule has 4 aliphatic rings. The number of alkyl halides is 3. The first kappa shape index (κ1) is 23.7. The van der Waals surface area contributed by atoms with Crippen LogP contribution in [0, 0.1) is 16.7 Å². The Hall–Kier alpha value is -2.63. The van der Waals surface area contributed by atoms with Gasteiger partial charge in [0.25, 0.3) is 5.82 Å². The van der Waals surface area contributed by atoms with Gasteiger partial charge in [0.05, 0.1) is 4.90 Å². The number of aromatic amines is 1. The zero-order chi connectivity index (χ0) is 25.5. The number of aromatic nitrogens is 3. The van der Waals surface area contributed by atoms with E-state index in [1.165, 1.54) is 6.26 Å². The van der Waals surface area contributed by atoms with Crippen molar-refractivity contribution in [3.05, 3.63) is 41.5 Å². The summed E-state index contributed by atoms with van der Waals surface area (Å²) in [5.41, 5.74) is 1.36. The third kappa shape index (κ3) is 4.06. The maximum Gasteiger partial charge on any atom is 0.453 e. The first-order valence-corrected chi connectivity index (χ1v) is 14.0. The van der Waals surface area contributed by atoms with E-state index in [2.05, 4.69) is 15.2 Å². The molecule has 194 valence electrons. The predicted octanol–water partition coefficient (Wildman–Crippen LogP) is 3.48. The molecule has 2 aromatic rings. The van der Waals surface area contributed by atoms with Crippen LogP contribution in [0.1, 0.15) is 48.8 Å². The highest BCUT2D eigenvalue weighted by molar-refractivity contribution is 7.90. The van der Waals surface area contributed by atoms with Gasteiger partial charge in [-0.1, -0.05) is 12.1 Å². The molecule has 2 spiro atoms. The number of amides is 2. The van der Waals surface area contributed by atoms with Crippen molar-refractivity contribution < 1.29 is 26.4 Å². The molecule has 6 rings (SSSR count). The van der Waals surface area contributed by atoms with Crippen LogP contribution in [0.15, 0.2) is 29.2 Å². The Morgan fingerprint density at radius 1 is 1.03 bits per heavy atom. The number of sulfone groups is 1. The topological polar surface area (TPSA) is 99.3 Å². The van der Waals surface area contributed by atoms with E-state index < -0.39 is 21.8 Å². The highest BCUT2D eigenvalue weighted by Crippen LogP contribution is 2.57. The largest absolute Gasteiger partial charge is 0.453 e. The van der Waals surface area contributed by atoms with Crippen LogP contribution in [-0.4, -0.2) is 71.9 Å². The van der Waals surface area contributed by atoms with Crippen molar-refractivity contribution in [3.8, 4) is 0 Å². The Morgan fingerprint density at radius 2 is 1.58 bits per heavy atom. The molecule has 0 radical (unpaired) electrons. The third-order valence-electron chi connectivity index (χ3n) is 8.47. The van der Waals surface area contributed by atoms with Gasteiger partial charge in [-0.15, -0.1) is 5.10 Å². The van der Waals surface area contributed by atoms with Crippen molar-refractivity contribution in [2.24, 2.45) is 16.7 Å². The number of likely N-dealkylation sites (tertiary alicyclic amines) is 2. The average Bonchev–Trinajstić information content (AvgIpc) is 3.16. The standard InChI is InChI=1S/C24H28F3N5O3S/c1-36(34,35)18-4-2-15(3-5-18)6-16-7-22(8-16)11-31(12-22)21(33)32-13-23(14-32)9-17(10-23)19-28-20(30-29-19)24(25,26)27/h2-5,16-17H,6-14H2,1H3,(H,28,29,30). The normalized spacial score (nSPS) is 23.2. The molecule has 1 aromatic heterocycles. The van der Waals surface area contributed by atoms with Gasteiger partial charge in [-0.3, -0.25) is 5.10 Å². The fourth-order valence-corrected chi connectivity index (χ4v) is 7.42. The number of hydrogen-bond acceptors (Lipinski definition) is 5. The zero-order valence-electron chi connectivity index (χ0n) is 19.9. The maximum absolute atomic E-state index is 12.9. The number of H-pyrrole nitrogens is 1. The van der Waals surface area contributed by atoms with Gasteiger partial charge >= 0.3 is 12.2 Å². The molecule has 12 heteroatoms. The molecule has 8 nitrogen and oxygen atoms in total. The Bertz CT molecular complexity index is 1280. The van der Waals surface area contributed by atoms with Crippen LogP contribution in [-0.2, 0) is 22.4 Å². The minimum Gasteiger partial charge on any atom is -0.323 e. The lowest BCUT2D eigenvalue weighted by atomic mass is 9.56. The van der Waals surface area contributed by atoms with E-state index in [1.54, 1.807) is 12.1 Å². The molecule has 2 saturated carbocycles. The molecule has 1 aromatic carbocycles. The Labute approximate surface area is 207 Å². The molecule has 0 unspecified atom stereocenters. The highest BCUT2D eigenvalue weighted by Gasteiger charge is 2.58. The van der Waals surface area contributed by atoms with Crippen molar-refractivity contribution in [1.82, 2.24) is 25.0 Å². The summed E-state index contributed by atoms with van der Waals surface area (Å²) in [4.78, 5) is 20.6. The zero-order valence-corrected chi connectivity index (χ0v) is 20.7. The molecular formula is C24H28F3N5O3S. The molecule has 2 amide bonds. The molecule has 2 saturated heterocycles. The summed E-state index contributed by atoms with van der Waals surface area (Å²) < 4.78 is 61.4. The Morgan fingerprint density at radius 3 is 2.08 bits per heavy atom. The van der Waals surface area contributed by atoms with Gasteiger partial charge in [-0.2, -0.15) is 13.2 Å². The van der Waals surface area contributed by atoms with E-state index in [-0.39, 0.29) is 28.6 Å². The fraction of sp³-hybridized carbons (Fsp3) is 0.625. The van der Waals surface area contributed by atoms with E-state index in [4.69, 9.17) is 0 Å². The number of halogens is 3. The second kappa shape index (κ2) is 7.69. The number of carbonyl (C=O) groups is 1. The van der Waals surface area contributed by atoms with Gasteiger partial charge in [-0.05, 0) is 55.7 Å². The summed E-state index contributed by atoms with van der Waals surface area (Å²) in [5, 5.41) is 5.71. The lowest BCUT2D eigenvalue weighted by Gasteiger charge is -2.63. The van der Waals surface area contributed by atoms with Crippen molar-refractivity contribution in [1.29, 1.82) is 0 Å². The highest BCUT2D eigenvalue weighted by atomic mass is 32.2. The SMILES string of the molecule is CS(=O)(=O)c1ccc(CC2CC3(C2)CN(C(=O)N2CC4(CC(c5nc(C(F)(F)F)n[nH]5)C4)C2)C3)cc1. The summed E-state index contributed by atoms with van der Waals surface area (Å²) in [6.07, 6.45) is 1.18. The summed E-state index contributed by atoms with van der Waals surface area (Å²) in [5.74, 6) is -0.348. The molecule has 2 aliphatic carbocycles. The van der Waals surface area contributed by atoms with Crippen LogP contribution in [0.3, 0.4) is 0 Å². The molecule has 1 N–H and O–H groups in total. The van der Waals surface area contributed by atoms with E-state index in [9.17, 15) is 26.4 Å². The van der Waals surface area contributed by atoms with Gasteiger partial charge in [0.15, 0.2) is 9.84 Å². The number of nitrogens with one attached hydrogen (secondary N) is 1. The number of benzene rings is 1. The molecular weight excluding hydrogens is 495 g/mol. The minimum atomic E-state index is -4.55. The molecule has 3 heterocycles. The van der Waals surface area contributed by atoms with Crippen LogP contribution in [0.25, 0.3) is 0 Å². The summed E-state index contributed by atoms with van der Waals surface area (Å²) in [7, 11) is -3.18. The average molecular weight is 524 g/mol. The molecule has 36 heavy (non-hydrogen) atoms. The Balaban J connectivity index is 0.926. The Kier molecular flexibility index (Phi) is 5.07. The summed E-state index contributed by atoms with van der Waals surface area (Å²) >= 11 is 0. The van der Waals surface area contributed by atoms with Gasteiger partial charge in [0.2, 0.25) is 0 Å². The second-order valence-corrected chi connectivity index (χ2v) is 13.6. The second-order valence-electron chi connectivity index (χ2n) is 11.5. The van der Waals surface area contributed by atoms with Gasteiger partial charge in [0.1, 0.15) is 5.82 Å². The summed E-state index contributed by atoms with van der Waals surface area (Å²) in [6, 6.07) is 7.17. The fourth-order valence-electron chi connectivity index (χ4n) is 6.79. The first-order chi connectivity index (χ1) is 16.8. The van der Waals surface area contributed by atoms with Crippen molar-refractivity contribution in [3.63, 3.8) is 0 Å². The van der Waals surface area contributed by atoms with Crippen LogP contribution in [0.2, 0.25) is 0 Å². The van der Waals surface area contributed by atoms with Crippen LogP contribution >= 0.6 is 0 Å². The predicted molar refractivity (Wildman–Crippen MR) is 123 cm³/mol. The number of urea groups is 1. The molecule has 4 fully saturated rings. The van der Waals surface area contributed by atoms with Crippen molar-refractivity contribution >= 4 is 15.9 Å². The van der Waals surface area contributed by atoms with Crippen LogP contribution in [0.4, 0.5) is 18.0 Å². The van der Waals surface area contributed by atoms with Crippen molar-refractivity contribution in [2.45, 2.75) is 49.1 Å². The lowest BCUT2D eigenvalue weighted by Crippen LogP contribution is -2.70. The quantitative estimate of drug-likeness (QED) is 0.662. The lowest BCUT2D eigenvalue weighted by molar-refractivity contribution is -0.144. The minimum absolute atomic E-state index is 0.00227. The smallest absolute Gasteiger partial charge is 0.323 e. The number of carbonyl (C=O) groups excluding carboxylic acids is 1. The summed E-state index contributed by atoms with van der Waals surface area (Å²) in [6.45, 7) is 2.86. The van der Waals surface area contributed by atoms with Gasteiger partial charge < -0.3 is 9.80 Å². The number of hydrogen-bond donors (Lipinski definition) is 1. The van der Waals surface area contributed by atoms with E-state index in [0.717, 1.165) is 50.8 Å². The first-order valence-electron chi connectivity index (χ1n) is 12.2. The molecule has 0 atom stereocenters. The maximum atomic E-state index is 12.9. The monoisotopic (exact) mass is 523 g/mol. The van der Waals surface area contributed by atoms with Gasteiger partial charge in [-0.25, -0.2) is 18.2 Å². The van der Waals surface area contributed by atoms with E-state index >= 15 is 0 Å². The molecule has 2 aliphatic heterocycles. The van der Waals surface area contributed by atoms with Crippen LogP contribution < -0.4 is 0 Å². The van der Waals surface area contributed by atoms with Gasteiger partial charge in [0, 0.05) is 49.2 Å². The van der Waals surface area contributed by atoms with E-state index in [1.807, 2.05) is 21.9 Å². The number of rotatable bonds is 4.